The molecule has 0 spiro atoms. The van der Waals surface area contributed by atoms with E-state index in [0.29, 0.717) is 15.7 Å². The number of halogens is 1. The van der Waals surface area contributed by atoms with Gasteiger partial charge in [-0.1, -0.05) is 18.2 Å². The van der Waals surface area contributed by atoms with Crippen LogP contribution < -0.4 is 4.72 Å². The van der Waals surface area contributed by atoms with Gasteiger partial charge in [0.05, 0.1) is 17.4 Å². The summed E-state index contributed by atoms with van der Waals surface area (Å²) in [4.78, 5) is 4.01. The van der Waals surface area contributed by atoms with Crippen LogP contribution in [0.4, 0.5) is 5.82 Å². The highest BCUT2D eigenvalue weighted by Gasteiger charge is 2.12. The maximum absolute atomic E-state index is 12.0. The van der Waals surface area contributed by atoms with Crippen molar-refractivity contribution in [2.24, 2.45) is 0 Å². The Labute approximate surface area is 125 Å². The fourth-order valence-corrected chi connectivity index (χ4v) is 3.03. The zero-order valence-electron chi connectivity index (χ0n) is 10.2. The van der Waals surface area contributed by atoms with Crippen molar-refractivity contribution in [3.8, 4) is 6.07 Å². The van der Waals surface area contributed by atoms with Crippen LogP contribution in [0.2, 0.25) is 0 Å². The summed E-state index contributed by atoms with van der Waals surface area (Å²) in [5.41, 5.74) is 1.10. The molecule has 7 heteroatoms. The molecule has 0 atom stereocenters. The van der Waals surface area contributed by atoms with Crippen molar-refractivity contribution < 1.29 is 8.42 Å². The number of hydrogen-bond acceptors (Lipinski definition) is 4. The second-order valence-electron chi connectivity index (χ2n) is 4.02. The van der Waals surface area contributed by atoms with Gasteiger partial charge in [0.1, 0.15) is 10.4 Å². The molecule has 0 fully saturated rings. The van der Waals surface area contributed by atoms with Crippen molar-refractivity contribution in [2.45, 2.75) is 5.75 Å². The number of pyridine rings is 1. The van der Waals surface area contributed by atoms with Crippen LogP contribution in [0.25, 0.3) is 0 Å². The van der Waals surface area contributed by atoms with E-state index in [1.165, 1.54) is 0 Å². The summed E-state index contributed by atoms with van der Waals surface area (Å²) in [5, 5.41) is 8.69. The Morgan fingerprint density at radius 3 is 2.50 bits per heavy atom. The predicted molar refractivity (Wildman–Crippen MR) is 79.3 cm³/mol. The Kier molecular flexibility index (Phi) is 4.37. The molecule has 0 unspecified atom stereocenters. The Hall–Kier alpha value is -1.91. The molecule has 1 heterocycles. The summed E-state index contributed by atoms with van der Waals surface area (Å²) in [6.07, 6.45) is 0. The zero-order valence-corrected chi connectivity index (χ0v) is 12.6. The Morgan fingerprint density at radius 2 is 1.90 bits per heavy atom. The molecule has 0 bridgehead atoms. The van der Waals surface area contributed by atoms with E-state index in [9.17, 15) is 8.42 Å². The summed E-state index contributed by atoms with van der Waals surface area (Å²) in [7, 11) is -3.54. The maximum atomic E-state index is 12.0. The molecule has 0 saturated heterocycles. The molecule has 20 heavy (non-hydrogen) atoms. The number of hydrogen-bond donors (Lipinski definition) is 1. The van der Waals surface area contributed by atoms with E-state index < -0.39 is 10.0 Å². The Morgan fingerprint density at radius 1 is 1.20 bits per heavy atom. The van der Waals surface area contributed by atoms with Crippen LogP contribution in [0, 0.1) is 11.3 Å². The first-order valence-electron chi connectivity index (χ1n) is 5.60. The molecular weight excluding hydrogens is 342 g/mol. The molecule has 0 aliphatic carbocycles. The van der Waals surface area contributed by atoms with E-state index in [1.54, 1.807) is 42.5 Å². The molecule has 0 aliphatic heterocycles. The lowest BCUT2D eigenvalue weighted by molar-refractivity contribution is 0.600. The van der Waals surface area contributed by atoms with Crippen molar-refractivity contribution in [1.82, 2.24) is 4.98 Å². The van der Waals surface area contributed by atoms with Crippen LogP contribution in [0.15, 0.2) is 47.1 Å². The van der Waals surface area contributed by atoms with Crippen LogP contribution in [-0.2, 0) is 15.8 Å². The molecular formula is C13H10BrN3O2S. The SMILES string of the molecule is N#Cc1ccc(CS(=O)(=O)Nc2cccc(Br)n2)cc1. The van der Waals surface area contributed by atoms with Gasteiger partial charge >= 0.3 is 0 Å². The number of benzene rings is 1. The third-order valence-electron chi connectivity index (χ3n) is 2.41. The van der Waals surface area contributed by atoms with Crippen molar-refractivity contribution in [1.29, 1.82) is 5.26 Å². The molecule has 0 radical (unpaired) electrons. The second kappa shape index (κ2) is 6.03. The van der Waals surface area contributed by atoms with Crippen LogP contribution in [-0.4, -0.2) is 13.4 Å². The lowest BCUT2D eigenvalue weighted by Crippen LogP contribution is -2.15. The van der Waals surface area contributed by atoms with E-state index in [-0.39, 0.29) is 11.6 Å². The minimum absolute atomic E-state index is 0.174. The van der Waals surface area contributed by atoms with E-state index in [0.717, 1.165) is 0 Å². The van der Waals surface area contributed by atoms with Gasteiger partial charge in [-0.3, -0.25) is 4.72 Å². The fraction of sp³-hybridized carbons (Fsp3) is 0.0769. The van der Waals surface area contributed by atoms with Crippen LogP contribution in [0.1, 0.15) is 11.1 Å². The highest BCUT2D eigenvalue weighted by molar-refractivity contribution is 9.10. The highest BCUT2D eigenvalue weighted by atomic mass is 79.9. The summed E-state index contributed by atoms with van der Waals surface area (Å²) >= 11 is 3.18. The van der Waals surface area contributed by atoms with Crippen molar-refractivity contribution in [2.75, 3.05) is 4.72 Å². The zero-order chi connectivity index (χ0) is 14.6. The molecule has 2 aromatic rings. The minimum atomic E-state index is -3.54. The summed E-state index contributed by atoms with van der Waals surface area (Å²) in [6.45, 7) is 0. The molecule has 0 saturated carbocycles. The molecule has 0 amide bonds. The number of rotatable bonds is 4. The van der Waals surface area contributed by atoms with E-state index in [2.05, 4.69) is 25.6 Å². The third kappa shape index (κ3) is 4.05. The van der Waals surface area contributed by atoms with Gasteiger partial charge in [-0.25, -0.2) is 13.4 Å². The Balaban J connectivity index is 2.13. The minimum Gasteiger partial charge on any atom is -0.267 e. The normalized spacial score (nSPS) is 10.8. The number of nitrogens with one attached hydrogen (secondary N) is 1. The number of aromatic nitrogens is 1. The van der Waals surface area contributed by atoms with Gasteiger partial charge in [0.15, 0.2) is 0 Å². The first-order chi connectivity index (χ1) is 9.48. The number of nitriles is 1. The van der Waals surface area contributed by atoms with E-state index >= 15 is 0 Å². The van der Waals surface area contributed by atoms with Gasteiger partial charge in [-0.05, 0) is 45.8 Å². The smallest absolute Gasteiger partial charge is 0.238 e. The molecule has 2 rings (SSSR count). The second-order valence-corrected chi connectivity index (χ2v) is 6.55. The average molecular weight is 352 g/mol. The molecule has 1 aromatic carbocycles. The van der Waals surface area contributed by atoms with E-state index in [1.807, 2.05) is 6.07 Å². The molecule has 0 aliphatic rings. The van der Waals surface area contributed by atoms with Crippen molar-refractivity contribution >= 4 is 31.8 Å². The quantitative estimate of drug-likeness (QED) is 0.858. The number of nitrogens with zero attached hydrogens (tertiary/aromatic N) is 2. The Bertz CT molecular complexity index is 752. The van der Waals surface area contributed by atoms with Gasteiger partial charge in [-0.2, -0.15) is 5.26 Å². The lowest BCUT2D eigenvalue weighted by atomic mass is 10.2. The van der Waals surface area contributed by atoms with Crippen molar-refractivity contribution in [3.63, 3.8) is 0 Å². The average Bonchev–Trinajstić information content (AvgIpc) is 2.38. The molecule has 5 nitrogen and oxygen atoms in total. The summed E-state index contributed by atoms with van der Waals surface area (Å²) < 4.78 is 27.0. The monoisotopic (exact) mass is 351 g/mol. The van der Waals surface area contributed by atoms with Gasteiger partial charge < -0.3 is 0 Å². The topological polar surface area (TPSA) is 82.8 Å². The first-order valence-corrected chi connectivity index (χ1v) is 8.05. The molecule has 1 aromatic heterocycles. The van der Waals surface area contributed by atoms with Crippen molar-refractivity contribution in [3.05, 3.63) is 58.2 Å². The lowest BCUT2D eigenvalue weighted by Gasteiger charge is -2.07. The number of sulfonamides is 1. The van der Waals surface area contributed by atoms with Gasteiger partial charge in [0.2, 0.25) is 10.0 Å². The van der Waals surface area contributed by atoms with Gasteiger partial charge in [0.25, 0.3) is 0 Å². The maximum Gasteiger partial charge on any atom is 0.238 e. The predicted octanol–water partition coefficient (Wildman–Crippen LogP) is 2.66. The standard InChI is InChI=1S/C13H10BrN3O2S/c14-12-2-1-3-13(16-12)17-20(18,19)9-11-6-4-10(8-15)5-7-11/h1-7H,9H2,(H,16,17). The van der Waals surface area contributed by atoms with Gasteiger partial charge in [-0.15, -0.1) is 0 Å². The fourth-order valence-electron chi connectivity index (χ4n) is 1.56. The van der Waals surface area contributed by atoms with Crippen LogP contribution in [0.5, 0.6) is 0 Å². The van der Waals surface area contributed by atoms with Crippen LogP contribution in [0.3, 0.4) is 0 Å². The number of anilines is 1. The summed E-state index contributed by atoms with van der Waals surface area (Å²) in [6, 6.07) is 13.4. The van der Waals surface area contributed by atoms with Gasteiger partial charge in [0, 0.05) is 0 Å². The molecule has 102 valence electrons. The third-order valence-corrected chi connectivity index (χ3v) is 4.09. The summed E-state index contributed by atoms with van der Waals surface area (Å²) in [5.74, 6) is 0.0837. The molecule has 1 N–H and O–H groups in total. The van der Waals surface area contributed by atoms with E-state index in [4.69, 9.17) is 5.26 Å². The highest BCUT2D eigenvalue weighted by Crippen LogP contribution is 2.14. The first kappa shape index (κ1) is 14.5. The van der Waals surface area contributed by atoms with Crippen LogP contribution >= 0.6 is 15.9 Å². The largest absolute Gasteiger partial charge is 0.267 e.